The summed E-state index contributed by atoms with van der Waals surface area (Å²) in [6, 6.07) is 11.5. The summed E-state index contributed by atoms with van der Waals surface area (Å²) in [5.74, 6) is 0.807. The minimum Gasteiger partial charge on any atom is -0.496 e. The van der Waals surface area contributed by atoms with Gasteiger partial charge in [-0.15, -0.1) is 19.0 Å². The van der Waals surface area contributed by atoms with Gasteiger partial charge < -0.3 is 24.1 Å². The standard InChI is InChI=1S/C20H18F2N4O4S/c1-3-26-18(13-6-4-5-7-14(13)28-2)24-25-19(26)31-11-17(27)23-12-8-9-15-16(10-12)30-20(21,22)29-15/h4-10H,3,11H2,1-2H3,(H,23,27). The highest BCUT2D eigenvalue weighted by Gasteiger charge is 2.43. The van der Waals surface area contributed by atoms with Gasteiger partial charge in [0.1, 0.15) is 5.75 Å². The molecule has 1 N–H and O–H groups in total. The quantitative estimate of drug-likeness (QED) is 0.546. The van der Waals surface area contributed by atoms with Crippen LogP contribution in [0.25, 0.3) is 11.4 Å². The van der Waals surface area contributed by atoms with Crippen LogP contribution in [0.4, 0.5) is 14.5 Å². The summed E-state index contributed by atoms with van der Waals surface area (Å²) in [4.78, 5) is 12.4. The Morgan fingerprint density at radius 2 is 1.97 bits per heavy atom. The van der Waals surface area contributed by atoms with Crippen molar-refractivity contribution in [2.24, 2.45) is 0 Å². The number of methoxy groups -OCH3 is 1. The first-order valence-corrected chi connectivity index (χ1v) is 10.3. The predicted molar refractivity (Wildman–Crippen MR) is 110 cm³/mol. The average Bonchev–Trinajstić information content (AvgIpc) is 3.30. The van der Waals surface area contributed by atoms with Crippen molar-refractivity contribution in [2.45, 2.75) is 24.9 Å². The molecule has 0 unspecified atom stereocenters. The molecule has 1 aromatic heterocycles. The molecule has 4 rings (SSSR count). The smallest absolute Gasteiger partial charge is 0.496 e. The second-order valence-electron chi connectivity index (χ2n) is 6.42. The Hall–Kier alpha value is -3.34. The molecule has 1 aliphatic rings. The van der Waals surface area contributed by atoms with Crippen LogP contribution in [0.2, 0.25) is 0 Å². The van der Waals surface area contributed by atoms with Gasteiger partial charge in [0, 0.05) is 18.3 Å². The van der Waals surface area contributed by atoms with E-state index in [9.17, 15) is 13.6 Å². The summed E-state index contributed by atoms with van der Waals surface area (Å²) >= 11 is 1.21. The monoisotopic (exact) mass is 448 g/mol. The number of rotatable bonds is 7. The number of fused-ring (bicyclic) bond motifs is 1. The average molecular weight is 448 g/mol. The first-order valence-electron chi connectivity index (χ1n) is 9.29. The number of carbonyl (C=O) groups excluding carboxylic acids is 1. The maximum Gasteiger partial charge on any atom is 0.586 e. The molecule has 2 aromatic carbocycles. The Labute approximate surface area is 180 Å². The molecule has 0 bridgehead atoms. The Morgan fingerprint density at radius 1 is 1.19 bits per heavy atom. The topological polar surface area (TPSA) is 87.5 Å². The zero-order valence-electron chi connectivity index (χ0n) is 16.6. The molecular weight excluding hydrogens is 430 g/mol. The third-order valence-electron chi connectivity index (χ3n) is 4.40. The lowest BCUT2D eigenvalue weighted by Crippen LogP contribution is -2.25. The Kier molecular flexibility index (Phi) is 5.68. The van der Waals surface area contributed by atoms with Crippen molar-refractivity contribution < 1.29 is 27.8 Å². The number of para-hydroxylation sites is 1. The highest BCUT2D eigenvalue weighted by atomic mass is 32.2. The van der Waals surface area contributed by atoms with Crippen LogP contribution >= 0.6 is 11.8 Å². The van der Waals surface area contributed by atoms with Crippen LogP contribution in [0.5, 0.6) is 17.2 Å². The molecule has 0 radical (unpaired) electrons. The molecule has 162 valence electrons. The highest BCUT2D eigenvalue weighted by Crippen LogP contribution is 2.42. The van der Waals surface area contributed by atoms with Gasteiger partial charge in [-0.3, -0.25) is 4.79 Å². The first-order chi connectivity index (χ1) is 14.9. The molecule has 0 atom stereocenters. The largest absolute Gasteiger partial charge is 0.586 e. The number of amides is 1. The van der Waals surface area contributed by atoms with E-state index < -0.39 is 6.29 Å². The maximum atomic E-state index is 13.1. The van der Waals surface area contributed by atoms with Gasteiger partial charge in [0.2, 0.25) is 5.91 Å². The summed E-state index contributed by atoms with van der Waals surface area (Å²) in [7, 11) is 1.59. The molecule has 0 fully saturated rings. The van der Waals surface area contributed by atoms with Crippen molar-refractivity contribution in [3.05, 3.63) is 42.5 Å². The summed E-state index contributed by atoms with van der Waals surface area (Å²) in [6.45, 7) is 2.55. The molecule has 1 amide bonds. The predicted octanol–water partition coefficient (Wildman–Crippen LogP) is 4.03. The van der Waals surface area contributed by atoms with Crippen molar-refractivity contribution >= 4 is 23.4 Å². The van der Waals surface area contributed by atoms with E-state index in [0.29, 0.717) is 29.0 Å². The van der Waals surface area contributed by atoms with Gasteiger partial charge in [-0.05, 0) is 31.2 Å². The number of alkyl halides is 2. The van der Waals surface area contributed by atoms with Crippen LogP contribution in [0.3, 0.4) is 0 Å². The van der Waals surface area contributed by atoms with E-state index in [1.807, 2.05) is 35.8 Å². The molecule has 11 heteroatoms. The van der Waals surface area contributed by atoms with E-state index in [0.717, 1.165) is 5.56 Å². The van der Waals surface area contributed by atoms with Gasteiger partial charge in [-0.2, -0.15) is 0 Å². The van der Waals surface area contributed by atoms with Crippen molar-refractivity contribution in [3.8, 4) is 28.6 Å². The first kappa shape index (κ1) is 20.9. The van der Waals surface area contributed by atoms with E-state index in [1.54, 1.807) is 7.11 Å². The van der Waals surface area contributed by atoms with Crippen LogP contribution in [-0.4, -0.2) is 39.8 Å². The summed E-state index contributed by atoms with van der Waals surface area (Å²) in [6.07, 6.45) is -3.70. The minimum absolute atomic E-state index is 0.0503. The number of thioether (sulfide) groups is 1. The summed E-state index contributed by atoms with van der Waals surface area (Å²) in [5.41, 5.74) is 1.12. The van der Waals surface area contributed by atoms with Gasteiger partial charge in [0.15, 0.2) is 22.5 Å². The van der Waals surface area contributed by atoms with Crippen LogP contribution in [0.1, 0.15) is 6.92 Å². The highest BCUT2D eigenvalue weighted by molar-refractivity contribution is 7.99. The number of hydrogen-bond donors (Lipinski definition) is 1. The van der Waals surface area contributed by atoms with Crippen LogP contribution in [0.15, 0.2) is 47.6 Å². The number of benzene rings is 2. The molecule has 0 aliphatic carbocycles. The Morgan fingerprint density at radius 3 is 2.74 bits per heavy atom. The molecule has 1 aliphatic heterocycles. The third-order valence-corrected chi connectivity index (χ3v) is 5.37. The van der Waals surface area contributed by atoms with E-state index in [-0.39, 0.29) is 23.2 Å². The minimum atomic E-state index is -3.70. The SMILES string of the molecule is CCn1c(SCC(=O)Nc2ccc3c(c2)OC(F)(F)O3)nnc1-c1ccccc1OC. The molecule has 31 heavy (non-hydrogen) atoms. The number of hydrogen-bond acceptors (Lipinski definition) is 7. The van der Waals surface area contributed by atoms with Gasteiger partial charge in [0.25, 0.3) is 0 Å². The van der Waals surface area contributed by atoms with Crippen molar-refractivity contribution in [2.75, 3.05) is 18.2 Å². The number of aromatic nitrogens is 3. The van der Waals surface area contributed by atoms with Gasteiger partial charge in [-0.1, -0.05) is 23.9 Å². The number of anilines is 1. The van der Waals surface area contributed by atoms with Gasteiger partial charge >= 0.3 is 6.29 Å². The fraction of sp³-hybridized carbons (Fsp3) is 0.250. The fourth-order valence-corrected chi connectivity index (χ4v) is 3.87. The Bertz CT molecular complexity index is 1120. The molecule has 8 nitrogen and oxygen atoms in total. The number of halogens is 2. The molecular formula is C20H18F2N4O4S. The normalized spacial score (nSPS) is 13.8. The van der Waals surface area contributed by atoms with Crippen LogP contribution in [0, 0.1) is 0 Å². The lowest BCUT2D eigenvalue weighted by atomic mass is 10.2. The van der Waals surface area contributed by atoms with E-state index in [4.69, 9.17) is 4.74 Å². The maximum absolute atomic E-state index is 13.1. The van der Waals surface area contributed by atoms with E-state index >= 15 is 0 Å². The lowest BCUT2D eigenvalue weighted by Gasteiger charge is -2.10. The molecule has 0 saturated heterocycles. The number of nitrogens with zero attached hydrogens (tertiary/aromatic N) is 3. The summed E-state index contributed by atoms with van der Waals surface area (Å²) in [5, 5.41) is 11.7. The van der Waals surface area contributed by atoms with E-state index in [2.05, 4.69) is 25.0 Å². The van der Waals surface area contributed by atoms with Crippen molar-refractivity contribution in [1.82, 2.24) is 14.8 Å². The molecule has 2 heterocycles. The zero-order chi connectivity index (χ0) is 22.0. The van der Waals surface area contributed by atoms with Crippen molar-refractivity contribution in [1.29, 1.82) is 0 Å². The third kappa shape index (κ3) is 4.41. The summed E-state index contributed by atoms with van der Waals surface area (Å²) < 4.78 is 42.3. The number of carbonyl (C=O) groups is 1. The van der Waals surface area contributed by atoms with Gasteiger partial charge in [0.05, 0.1) is 18.4 Å². The molecule has 0 saturated carbocycles. The van der Waals surface area contributed by atoms with Crippen molar-refractivity contribution in [3.63, 3.8) is 0 Å². The number of nitrogens with one attached hydrogen (secondary N) is 1. The van der Waals surface area contributed by atoms with Crippen LogP contribution < -0.4 is 19.5 Å². The second kappa shape index (κ2) is 8.42. The van der Waals surface area contributed by atoms with Crippen LogP contribution in [-0.2, 0) is 11.3 Å². The fourth-order valence-electron chi connectivity index (χ4n) is 3.06. The zero-order valence-corrected chi connectivity index (χ0v) is 17.4. The van der Waals surface area contributed by atoms with Gasteiger partial charge in [-0.25, -0.2) is 0 Å². The molecule has 0 spiro atoms. The molecule has 3 aromatic rings. The Balaban J connectivity index is 1.43. The number of ether oxygens (including phenoxy) is 3. The second-order valence-corrected chi connectivity index (χ2v) is 7.36. The lowest BCUT2D eigenvalue weighted by molar-refractivity contribution is -0.286. The van der Waals surface area contributed by atoms with E-state index in [1.165, 1.54) is 30.0 Å².